The van der Waals surface area contributed by atoms with Crippen molar-refractivity contribution in [1.82, 2.24) is 9.88 Å². The molecule has 0 radical (unpaired) electrons. The summed E-state index contributed by atoms with van der Waals surface area (Å²) in [6, 6.07) is 11.5. The molecule has 0 bridgehead atoms. The molecule has 1 fully saturated rings. The molecule has 3 aromatic rings. The van der Waals surface area contributed by atoms with Crippen molar-refractivity contribution in [3.8, 4) is 23.0 Å². The fourth-order valence-electron chi connectivity index (χ4n) is 4.60. The van der Waals surface area contributed by atoms with Gasteiger partial charge in [-0.2, -0.15) is 0 Å². The third-order valence-electron chi connectivity index (χ3n) is 6.43. The van der Waals surface area contributed by atoms with Gasteiger partial charge in [-0.25, -0.2) is 0 Å². The van der Waals surface area contributed by atoms with Gasteiger partial charge in [-0.15, -0.1) is 0 Å². The quantitative estimate of drug-likeness (QED) is 0.585. The van der Waals surface area contributed by atoms with Gasteiger partial charge < -0.3 is 23.8 Å². The number of methoxy groups -OCH3 is 1. The summed E-state index contributed by atoms with van der Waals surface area (Å²) in [5.74, 6) is 3.01. The minimum absolute atomic E-state index is 0.00613. The minimum atomic E-state index is -0.0202. The third-order valence-corrected chi connectivity index (χ3v) is 6.43. The summed E-state index contributed by atoms with van der Waals surface area (Å²) in [6.45, 7) is 4.50. The molecule has 7 nitrogen and oxygen atoms in total. The van der Waals surface area contributed by atoms with E-state index in [9.17, 15) is 4.79 Å². The zero-order chi connectivity index (χ0) is 22.8. The van der Waals surface area contributed by atoms with Crippen molar-refractivity contribution in [2.75, 3.05) is 40.0 Å². The van der Waals surface area contributed by atoms with Crippen LogP contribution in [-0.2, 0) is 4.79 Å². The largest absolute Gasteiger partial charge is 0.496 e. The molecule has 2 aliphatic heterocycles. The first-order valence-corrected chi connectivity index (χ1v) is 11.4. The Bertz CT molecular complexity index is 1180. The van der Waals surface area contributed by atoms with Gasteiger partial charge >= 0.3 is 0 Å². The summed E-state index contributed by atoms with van der Waals surface area (Å²) < 4.78 is 22.4. The first-order valence-electron chi connectivity index (χ1n) is 11.4. The van der Waals surface area contributed by atoms with Gasteiger partial charge in [0.2, 0.25) is 0 Å². The summed E-state index contributed by atoms with van der Waals surface area (Å²) in [6.07, 6.45) is 3.87. The van der Waals surface area contributed by atoms with Gasteiger partial charge in [0, 0.05) is 42.4 Å². The van der Waals surface area contributed by atoms with E-state index in [1.807, 2.05) is 29.3 Å². The van der Waals surface area contributed by atoms with E-state index in [0.717, 1.165) is 47.2 Å². The van der Waals surface area contributed by atoms with E-state index in [2.05, 4.69) is 13.0 Å². The molecule has 0 N–H and O–H groups in total. The lowest BCUT2D eigenvalue weighted by molar-refractivity contribution is -0.134. The molecule has 5 rings (SSSR count). The number of fused-ring (bicyclic) bond motifs is 2. The number of rotatable bonds is 5. The number of ether oxygens (including phenoxy) is 4. The van der Waals surface area contributed by atoms with Gasteiger partial charge in [0.25, 0.3) is 5.91 Å². The number of likely N-dealkylation sites (tertiary alicyclic amines) is 1. The highest BCUT2D eigenvalue weighted by Gasteiger charge is 2.26. The van der Waals surface area contributed by atoms with Crippen molar-refractivity contribution >= 4 is 16.7 Å². The molecule has 0 aliphatic carbocycles. The van der Waals surface area contributed by atoms with Crippen LogP contribution in [0.2, 0.25) is 0 Å². The van der Waals surface area contributed by atoms with Crippen molar-refractivity contribution in [2.24, 2.45) is 0 Å². The fourth-order valence-corrected chi connectivity index (χ4v) is 4.60. The molecular weight excluding hydrogens is 420 g/mol. The molecule has 1 aromatic heterocycles. The normalized spacial score (nSPS) is 17.6. The highest BCUT2D eigenvalue weighted by atomic mass is 16.6. The Morgan fingerprint density at radius 2 is 2.00 bits per heavy atom. The van der Waals surface area contributed by atoms with Gasteiger partial charge in [0.1, 0.15) is 24.7 Å². The van der Waals surface area contributed by atoms with Crippen LogP contribution in [0.15, 0.2) is 42.6 Å². The number of aromatic nitrogens is 1. The molecule has 0 spiro atoms. The van der Waals surface area contributed by atoms with Crippen molar-refractivity contribution in [3.05, 3.63) is 53.9 Å². The molecule has 1 amide bonds. The molecule has 33 heavy (non-hydrogen) atoms. The summed E-state index contributed by atoms with van der Waals surface area (Å²) in [4.78, 5) is 19.5. The molecule has 7 heteroatoms. The number of hydrogen-bond donors (Lipinski definition) is 0. The topological polar surface area (TPSA) is 70.1 Å². The highest BCUT2D eigenvalue weighted by Crippen LogP contribution is 2.34. The zero-order valence-corrected chi connectivity index (χ0v) is 19.0. The molecule has 1 atom stereocenters. The van der Waals surface area contributed by atoms with Gasteiger partial charge in [0.05, 0.1) is 7.11 Å². The second kappa shape index (κ2) is 9.17. The van der Waals surface area contributed by atoms with Crippen LogP contribution in [0.1, 0.15) is 30.0 Å². The van der Waals surface area contributed by atoms with Crippen molar-refractivity contribution in [1.29, 1.82) is 0 Å². The Hall–Kier alpha value is -3.48. The van der Waals surface area contributed by atoms with Crippen LogP contribution in [0.4, 0.5) is 0 Å². The molecular formula is C26H28N2O5. The second-order valence-corrected chi connectivity index (χ2v) is 8.50. The Labute approximate surface area is 193 Å². The van der Waals surface area contributed by atoms with E-state index < -0.39 is 0 Å². The van der Waals surface area contributed by atoms with E-state index in [0.29, 0.717) is 37.0 Å². The van der Waals surface area contributed by atoms with E-state index in [4.69, 9.17) is 23.9 Å². The lowest BCUT2D eigenvalue weighted by Gasteiger charge is -2.32. The summed E-state index contributed by atoms with van der Waals surface area (Å²) in [5, 5.41) is 2.23. The maximum atomic E-state index is 12.9. The van der Waals surface area contributed by atoms with E-state index >= 15 is 0 Å². The van der Waals surface area contributed by atoms with Crippen LogP contribution in [0.25, 0.3) is 10.8 Å². The smallest absolute Gasteiger partial charge is 0.260 e. The van der Waals surface area contributed by atoms with Gasteiger partial charge in [-0.3, -0.25) is 9.78 Å². The van der Waals surface area contributed by atoms with Gasteiger partial charge in [-0.1, -0.05) is 0 Å². The van der Waals surface area contributed by atoms with Crippen LogP contribution in [0.3, 0.4) is 0 Å². The molecule has 1 saturated heterocycles. The van der Waals surface area contributed by atoms with Crippen LogP contribution >= 0.6 is 0 Å². The maximum Gasteiger partial charge on any atom is 0.260 e. The predicted octanol–water partition coefficient (Wildman–Crippen LogP) is 4.11. The van der Waals surface area contributed by atoms with Crippen LogP contribution < -0.4 is 18.9 Å². The number of pyridine rings is 1. The second-order valence-electron chi connectivity index (χ2n) is 8.50. The van der Waals surface area contributed by atoms with E-state index in [-0.39, 0.29) is 18.4 Å². The Morgan fingerprint density at radius 1 is 1.15 bits per heavy atom. The molecule has 2 aromatic carbocycles. The lowest BCUT2D eigenvalue weighted by Crippen LogP contribution is -2.41. The van der Waals surface area contributed by atoms with Crippen molar-refractivity contribution in [2.45, 2.75) is 25.7 Å². The first-order chi connectivity index (χ1) is 16.1. The number of piperidine rings is 1. The molecule has 0 saturated carbocycles. The predicted molar refractivity (Wildman–Crippen MR) is 125 cm³/mol. The number of carbonyl (C=O) groups is 1. The van der Waals surface area contributed by atoms with Gasteiger partial charge in [0.15, 0.2) is 18.1 Å². The van der Waals surface area contributed by atoms with Crippen LogP contribution in [-0.4, -0.2) is 55.8 Å². The molecule has 172 valence electrons. The number of hydrogen-bond acceptors (Lipinski definition) is 6. The third kappa shape index (κ3) is 4.40. The molecule has 0 unspecified atom stereocenters. The molecule has 3 heterocycles. The standard InChI is InChI=1S/C26H28N2O5/c1-17-21-13-22(27-14-18(21)5-7-23(17)30-2)19-4-3-9-28(15-19)26(29)16-33-20-6-8-24-25(12-20)32-11-10-31-24/h5-8,12-14,19H,3-4,9-11,15-16H2,1-2H3/t19-/m0/s1. The highest BCUT2D eigenvalue weighted by molar-refractivity contribution is 5.87. The minimum Gasteiger partial charge on any atom is -0.496 e. The number of amides is 1. The number of benzene rings is 2. The van der Waals surface area contributed by atoms with Crippen LogP contribution in [0, 0.1) is 6.92 Å². The first kappa shape index (κ1) is 21.4. The Balaban J connectivity index is 1.25. The molecule has 2 aliphatic rings. The number of nitrogens with zero attached hydrogens (tertiary/aromatic N) is 2. The lowest BCUT2D eigenvalue weighted by atomic mass is 9.92. The van der Waals surface area contributed by atoms with E-state index in [1.54, 1.807) is 19.2 Å². The van der Waals surface area contributed by atoms with Gasteiger partial charge in [-0.05, 0) is 61.0 Å². The monoisotopic (exact) mass is 448 g/mol. The summed E-state index contributed by atoms with van der Waals surface area (Å²) in [5.41, 5.74) is 2.12. The Kier molecular flexibility index (Phi) is 5.94. The number of aryl methyl sites for hydroxylation is 1. The summed E-state index contributed by atoms with van der Waals surface area (Å²) >= 11 is 0. The average Bonchev–Trinajstić information content (AvgIpc) is 2.87. The Morgan fingerprint density at radius 3 is 2.85 bits per heavy atom. The number of carbonyl (C=O) groups excluding carboxylic acids is 1. The van der Waals surface area contributed by atoms with E-state index in [1.165, 1.54) is 0 Å². The average molecular weight is 449 g/mol. The fraction of sp³-hybridized carbons (Fsp3) is 0.385. The summed E-state index contributed by atoms with van der Waals surface area (Å²) in [7, 11) is 1.69. The maximum absolute atomic E-state index is 12.9. The SMILES string of the molecule is COc1ccc2cnc([C@H]3CCCN(C(=O)COc4ccc5c(c4)OCCO5)C3)cc2c1C. The van der Waals surface area contributed by atoms with Crippen molar-refractivity contribution in [3.63, 3.8) is 0 Å². The van der Waals surface area contributed by atoms with Crippen LogP contribution in [0.5, 0.6) is 23.0 Å². The zero-order valence-electron chi connectivity index (χ0n) is 19.0. The van der Waals surface area contributed by atoms with Crippen molar-refractivity contribution < 1.29 is 23.7 Å².